The summed E-state index contributed by atoms with van der Waals surface area (Å²) in [7, 11) is 0. The smallest absolute Gasteiger partial charge is 0.195 e. The standard InChI is InChI=1S/C14H9ClN2O2/c15-11-4-5-16-14-12(11)10(7-17-14)13(19)8-2-1-3-9(18)6-8/h1-7,18H,(H,16,17). The van der Waals surface area contributed by atoms with Gasteiger partial charge in [-0.15, -0.1) is 0 Å². The summed E-state index contributed by atoms with van der Waals surface area (Å²) in [6, 6.07) is 7.84. The Balaban J connectivity index is 2.17. The number of phenolic OH excluding ortho intramolecular Hbond substituents is 1. The van der Waals surface area contributed by atoms with Gasteiger partial charge < -0.3 is 10.1 Å². The molecule has 94 valence electrons. The van der Waals surface area contributed by atoms with Crippen LogP contribution in [0.5, 0.6) is 5.75 Å². The third-order valence-electron chi connectivity index (χ3n) is 2.88. The van der Waals surface area contributed by atoms with Crippen molar-refractivity contribution >= 4 is 28.4 Å². The van der Waals surface area contributed by atoms with Gasteiger partial charge in [0.05, 0.1) is 10.6 Å². The number of hydrogen-bond acceptors (Lipinski definition) is 3. The first-order valence-electron chi connectivity index (χ1n) is 5.62. The van der Waals surface area contributed by atoms with Gasteiger partial charge in [-0.1, -0.05) is 23.7 Å². The lowest BCUT2D eigenvalue weighted by Gasteiger charge is -2.01. The van der Waals surface area contributed by atoms with Crippen molar-refractivity contribution in [2.75, 3.05) is 0 Å². The fourth-order valence-electron chi connectivity index (χ4n) is 2.00. The highest BCUT2D eigenvalue weighted by molar-refractivity contribution is 6.37. The van der Waals surface area contributed by atoms with Crippen LogP contribution in [0.1, 0.15) is 15.9 Å². The zero-order chi connectivity index (χ0) is 13.4. The molecular formula is C14H9ClN2O2. The van der Waals surface area contributed by atoms with Gasteiger partial charge in [0.15, 0.2) is 5.78 Å². The third-order valence-corrected chi connectivity index (χ3v) is 3.19. The normalized spacial score (nSPS) is 10.8. The van der Waals surface area contributed by atoms with Crippen LogP contribution in [0.3, 0.4) is 0 Å². The van der Waals surface area contributed by atoms with Gasteiger partial charge >= 0.3 is 0 Å². The summed E-state index contributed by atoms with van der Waals surface area (Å²) in [6.07, 6.45) is 3.15. The van der Waals surface area contributed by atoms with E-state index in [1.165, 1.54) is 12.1 Å². The average Bonchev–Trinajstić information content (AvgIpc) is 2.83. The van der Waals surface area contributed by atoms with Gasteiger partial charge in [0, 0.05) is 23.3 Å². The zero-order valence-corrected chi connectivity index (χ0v) is 10.5. The molecule has 3 aromatic rings. The van der Waals surface area contributed by atoms with Crippen LogP contribution in [0, 0.1) is 0 Å². The number of phenols is 1. The molecule has 0 spiro atoms. The first-order chi connectivity index (χ1) is 9.16. The lowest BCUT2D eigenvalue weighted by molar-refractivity contribution is 0.104. The van der Waals surface area contributed by atoms with Gasteiger partial charge in [0.1, 0.15) is 11.4 Å². The van der Waals surface area contributed by atoms with E-state index in [1.54, 1.807) is 30.6 Å². The fourth-order valence-corrected chi connectivity index (χ4v) is 2.25. The van der Waals surface area contributed by atoms with Crippen molar-refractivity contribution in [3.05, 3.63) is 58.9 Å². The monoisotopic (exact) mass is 272 g/mol. The molecule has 0 amide bonds. The van der Waals surface area contributed by atoms with Crippen LogP contribution in [0.4, 0.5) is 0 Å². The molecule has 4 nitrogen and oxygen atoms in total. The summed E-state index contributed by atoms with van der Waals surface area (Å²) >= 11 is 6.10. The highest BCUT2D eigenvalue weighted by Gasteiger charge is 2.17. The van der Waals surface area contributed by atoms with E-state index in [9.17, 15) is 9.90 Å². The molecule has 1 aromatic carbocycles. The molecule has 19 heavy (non-hydrogen) atoms. The molecule has 0 unspecified atom stereocenters. The number of benzene rings is 1. The molecular weight excluding hydrogens is 264 g/mol. The number of ketones is 1. The second-order valence-corrected chi connectivity index (χ2v) is 4.51. The van der Waals surface area contributed by atoms with Crippen LogP contribution in [0.15, 0.2) is 42.7 Å². The molecule has 0 aliphatic rings. The van der Waals surface area contributed by atoms with Gasteiger partial charge in [-0.2, -0.15) is 0 Å². The van der Waals surface area contributed by atoms with Crippen molar-refractivity contribution in [2.45, 2.75) is 0 Å². The quantitative estimate of drug-likeness (QED) is 0.704. The maximum Gasteiger partial charge on any atom is 0.195 e. The van der Waals surface area contributed by atoms with E-state index in [0.29, 0.717) is 27.2 Å². The van der Waals surface area contributed by atoms with Crippen molar-refractivity contribution < 1.29 is 9.90 Å². The summed E-state index contributed by atoms with van der Waals surface area (Å²) in [5.74, 6) is -0.160. The number of carbonyl (C=O) groups excluding carboxylic acids is 1. The summed E-state index contributed by atoms with van der Waals surface area (Å²) < 4.78 is 0. The van der Waals surface area contributed by atoms with Crippen molar-refractivity contribution in [1.82, 2.24) is 9.97 Å². The number of aromatic amines is 1. The van der Waals surface area contributed by atoms with Gasteiger partial charge in [0.2, 0.25) is 0 Å². The van der Waals surface area contributed by atoms with Crippen LogP contribution in [0.2, 0.25) is 5.02 Å². The van der Waals surface area contributed by atoms with E-state index in [2.05, 4.69) is 9.97 Å². The first kappa shape index (κ1) is 11.7. The van der Waals surface area contributed by atoms with Crippen molar-refractivity contribution in [3.8, 4) is 5.75 Å². The number of aromatic nitrogens is 2. The number of rotatable bonds is 2. The van der Waals surface area contributed by atoms with Crippen LogP contribution < -0.4 is 0 Å². The highest BCUT2D eigenvalue weighted by Crippen LogP contribution is 2.27. The van der Waals surface area contributed by atoms with Gasteiger partial charge in [-0.05, 0) is 18.2 Å². The van der Waals surface area contributed by atoms with Gasteiger partial charge in [0.25, 0.3) is 0 Å². The molecule has 2 aromatic heterocycles. The number of fused-ring (bicyclic) bond motifs is 1. The summed E-state index contributed by atoms with van der Waals surface area (Å²) in [5.41, 5.74) is 1.41. The number of hydrogen-bond donors (Lipinski definition) is 2. The predicted molar refractivity (Wildman–Crippen MR) is 72.6 cm³/mol. The number of carbonyl (C=O) groups is 1. The Hall–Kier alpha value is -2.33. The minimum Gasteiger partial charge on any atom is -0.508 e. The Morgan fingerprint density at radius 3 is 2.95 bits per heavy atom. The molecule has 0 bridgehead atoms. The Morgan fingerprint density at radius 2 is 2.16 bits per heavy atom. The molecule has 5 heteroatoms. The van der Waals surface area contributed by atoms with E-state index in [1.807, 2.05) is 0 Å². The number of pyridine rings is 1. The molecule has 2 heterocycles. The van der Waals surface area contributed by atoms with Crippen molar-refractivity contribution in [2.24, 2.45) is 0 Å². The summed E-state index contributed by atoms with van der Waals surface area (Å²) in [5, 5.41) is 10.5. The lowest BCUT2D eigenvalue weighted by Crippen LogP contribution is -2.00. The van der Waals surface area contributed by atoms with E-state index in [4.69, 9.17) is 11.6 Å². The number of nitrogens with one attached hydrogen (secondary N) is 1. The Morgan fingerprint density at radius 1 is 1.32 bits per heavy atom. The van der Waals surface area contributed by atoms with E-state index >= 15 is 0 Å². The molecule has 0 atom stereocenters. The summed E-state index contributed by atoms with van der Waals surface area (Å²) in [4.78, 5) is 19.4. The Bertz CT molecular complexity index is 780. The van der Waals surface area contributed by atoms with Crippen molar-refractivity contribution in [3.63, 3.8) is 0 Å². The second kappa shape index (κ2) is 4.40. The number of halogens is 1. The molecule has 0 aliphatic carbocycles. The van der Waals surface area contributed by atoms with E-state index in [-0.39, 0.29) is 11.5 Å². The summed E-state index contributed by atoms with van der Waals surface area (Å²) in [6.45, 7) is 0. The third kappa shape index (κ3) is 1.96. The number of H-pyrrole nitrogens is 1. The van der Waals surface area contributed by atoms with Crippen LogP contribution in [-0.2, 0) is 0 Å². The molecule has 0 aliphatic heterocycles. The second-order valence-electron chi connectivity index (χ2n) is 4.10. The van der Waals surface area contributed by atoms with Crippen LogP contribution >= 0.6 is 11.6 Å². The number of nitrogens with zero attached hydrogens (tertiary/aromatic N) is 1. The highest BCUT2D eigenvalue weighted by atomic mass is 35.5. The van der Waals surface area contributed by atoms with Crippen LogP contribution in [-0.4, -0.2) is 20.9 Å². The van der Waals surface area contributed by atoms with E-state index in [0.717, 1.165) is 0 Å². The predicted octanol–water partition coefficient (Wildman–Crippen LogP) is 3.15. The minimum atomic E-state index is -0.211. The Labute approximate surface area is 113 Å². The largest absolute Gasteiger partial charge is 0.508 e. The molecule has 2 N–H and O–H groups in total. The molecule has 0 saturated heterocycles. The molecule has 3 rings (SSSR count). The Kier molecular flexibility index (Phi) is 2.72. The first-order valence-corrected chi connectivity index (χ1v) is 6.00. The lowest BCUT2D eigenvalue weighted by atomic mass is 10.0. The van der Waals surface area contributed by atoms with E-state index < -0.39 is 0 Å². The topological polar surface area (TPSA) is 66.0 Å². The minimum absolute atomic E-state index is 0.0508. The van der Waals surface area contributed by atoms with Gasteiger partial charge in [-0.3, -0.25) is 4.79 Å². The van der Waals surface area contributed by atoms with Crippen LogP contribution in [0.25, 0.3) is 11.0 Å². The maximum atomic E-state index is 12.4. The zero-order valence-electron chi connectivity index (χ0n) is 9.72. The molecule has 0 saturated carbocycles. The van der Waals surface area contributed by atoms with Gasteiger partial charge in [-0.25, -0.2) is 4.98 Å². The SMILES string of the molecule is O=C(c1cccc(O)c1)c1c[nH]c2nccc(Cl)c12. The maximum absolute atomic E-state index is 12.4. The average molecular weight is 273 g/mol. The number of aromatic hydroxyl groups is 1. The molecule has 0 radical (unpaired) electrons. The molecule has 0 fully saturated rings. The van der Waals surface area contributed by atoms with Crippen molar-refractivity contribution in [1.29, 1.82) is 0 Å². The fraction of sp³-hybridized carbons (Fsp3) is 0.